The highest BCUT2D eigenvalue weighted by Gasteiger charge is 2.60. The number of aryl methyl sites for hydroxylation is 1. The molecule has 0 radical (unpaired) electrons. The third-order valence-electron chi connectivity index (χ3n) is 8.93. The van der Waals surface area contributed by atoms with E-state index in [1.54, 1.807) is 7.11 Å². The molecule has 3 heterocycles. The van der Waals surface area contributed by atoms with Gasteiger partial charge in [-0.3, -0.25) is 9.69 Å². The Hall–Kier alpha value is -2.37. The maximum atomic E-state index is 13.4. The highest BCUT2D eigenvalue weighted by atomic mass is 16.5. The van der Waals surface area contributed by atoms with Gasteiger partial charge in [0.2, 0.25) is 5.91 Å². The molecule has 226 valence electrons. The number of nitrogens with zero attached hydrogens (tertiary/aromatic N) is 5. The Morgan fingerprint density at radius 3 is 2.80 bits per heavy atom. The van der Waals surface area contributed by atoms with Gasteiger partial charge in [0.15, 0.2) is 6.23 Å². The number of nitrogens with one attached hydrogen (secondary N) is 1. The first kappa shape index (κ1) is 30.1. The van der Waals surface area contributed by atoms with Gasteiger partial charge in [-0.2, -0.15) is 0 Å². The second kappa shape index (κ2) is 13.3. The number of benzene rings is 1. The van der Waals surface area contributed by atoms with Crippen LogP contribution in [0.5, 0.6) is 0 Å². The summed E-state index contributed by atoms with van der Waals surface area (Å²) in [7, 11) is 1.72. The Balaban J connectivity index is 1.38. The van der Waals surface area contributed by atoms with Gasteiger partial charge in [0.25, 0.3) is 0 Å². The third-order valence-corrected chi connectivity index (χ3v) is 8.93. The molecule has 0 bridgehead atoms. The number of piperidine rings is 1. The van der Waals surface area contributed by atoms with Gasteiger partial charge in [0, 0.05) is 57.9 Å². The number of aromatic nitrogens is 3. The lowest BCUT2D eigenvalue weighted by molar-refractivity contribution is -0.141. The zero-order valence-corrected chi connectivity index (χ0v) is 25.2. The van der Waals surface area contributed by atoms with Crippen LogP contribution in [0.1, 0.15) is 62.7 Å². The molecule has 1 aromatic carbocycles. The number of methoxy groups -OCH3 is 1. The maximum Gasteiger partial charge on any atom is 0.227 e. The number of aliphatic hydroxyl groups is 1. The molecule has 10 nitrogen and oxygen atoms in total. The number of hydrogen-bond acceptors (Lipinski definition) is 8. The lowest BCUT2D eigenvalue weighted by Gasteiger charge is -2.37. The fourth-order valence-corrected chi connectivity index (χ4v) is 6.78. The van der Waals surface area contributed by atoms with E-state index in [0.717, 1.165) is 62.1 Å². The van der Waals surface area contributed by atoms with E-state index in [-0.39, 0.29) is 23.3 Å². The summed E-state index contributed by atoms with van der Waals surface area (Å²) in [5.41, 5.74) is 3.67. The van der Waals surface area contributed by atoms with E-state index in [1.165, 1.54) is 0 Å². The molecule has 2 aromatic rings. The van der Waals surface area contributed by atoms with Crippen LogP contribution in [-0.4, -0.2) is 102 Å². The van der Waals surface area contributed by atoms with Crippen LogP contribution in [0.3, 0.4) is 0 Å². The molecule has 5 rings (SSSR count). The first-order chi connectivity index (χ1) is 19.8. The summed E-state index contributed by atoms with van der Waals surface area (Å²) in [6.07, 6.45) is 3.54. The molecule has 4 atom stereocenters. The molecule has 1 aliphatic carbocycles. The van der Waals surface area contributed by atoms with Crippen LogP contribution >= 0.6 is 0 Å². The number of aliphatic hydroxyl groups excluding tert-OH is 1. The molecule has 3 aliphatic rings. The smallest absolute Gasteiger partial charge is 0.227 e. The Morgan fingerprint density at radius 1 is 1.27 bits per heavy atom. The van der Waals surface area contributed by atoms with Gasteiger partial charge >= 0.3 is 0 Å². The highest BCUT2D eigenvalue weighted by Crippen LogP contribution is 2.56. The fourth-order valence-electron chi connectivity index (χ4n) is 6.78. The zero-order chi connectivity index (χ0) is 29.0. The summed E-state index contributed by atoms with van der Waals surface area (Å²) in [5.74, 6) is 0.561. The number of morpholine rings is 1. The predicted molar refractivity (Wildman–Crippen MR) is 157 cm³/mol. The lowest BCUT2D eigenvalue weighted by Crippen LogP contribution is -2.51. The molecule has 3 fully saturated rings. The number of carbonyl (C=O) groups is 1. The van der Waals surface area contributed by atoms with Crippen molar-refractivity contribution in [3.05, 3.63) is 41.2 Å². The van der Waals surface area contributed by atoms with Crippen LogP contribution in [0, 0.1) is 24.2 Å². The standard InChI is InChI=1S/C31H48N6O4/c1-22(2)20-36(27-18-31(27)17-24(19-32-21-31)29(38)35-11-14-41-15-12-35)30(39)28-26(10-5-6-13-40-4)37(34-33-28)25-9-7-8-23(3)16-25/h7-9,16,22,24,27,30,32,39H,5-6,10-15,17-21H2,1-4H3/t24-,27?,30?,31-/m1/s1. The van der Waals surface area contributed by atoms with Gasteiger partial charge in [0.05, 0.1) is 30.5 Å². The number of rotatable bonds is 12. The Bertz CT molecular complexity index is 1170. The maximum absolute atomic E-state index is 13.4. The monoisotopic (exact) mass is 568 g/mol. The molecule has 10 heteroatoms. The SMILES string of the molecule is COCCCCc1c(C(O)N(CC(C)C)C2C[C@]23CNC[C@H](C(=O)N2CCOCC2)C3)nnn1-c1cccc(C)c1. The summed E-state index contributed by atoms with van der Waals surface area (Å²) < 4.78 is 12.6. The van der Waals surface area contributed by atoms with Crippen molar-refractivity contribution < 1.29 is 19.4 Å². The molecular weight excluding hydrogens is 520 g/mol. The number of amides is 1. The van der Waals surface area contributed by atoms with Gasteiger partial charge < -0.3 is 24.8 Å². The van der Waals surface area contributed by atoms with Gasteiger partial charge in [0.1, 0.15) is 5.69 Å². The van der Waals surface area contributed by atoms with Crippen LogP contribution in [0.15, 0.2) is 24.3 Å². The molecule has 1 saturated carbocycles. The number of hydrogen-bond donors (Lipinski definition) is 2. The normalized spacial score (nSPS) is 25.3. The van der Waals surface area contributed by atoms with E-state index in [0.29, 0.717) is 51.1 Å². The fraction of sp³-hybridized carbons (Fsp3) is 0.710. The summed E-state index contributed by atoms with van der Waals surface area (Å²) in [5, 5.41) is 24.7. The minimum Gasteiger partial charge on any atom is -0.385 e. The average molecular weight is 569 g/mol. The van der Waals surface area contributed by atoms with Gasteiger partial charge in [-0.05, 0) is 62.6 Å². The topological polar surface area (TPSA) is 105 Å². The molecule has 2 N–H and O–H groups in total. The second-order valence-corrected chi connectivity index (χ2v) is 12.6. The van der Waals surface area contributed by atoms with Crippen LogP contribution in [0.2, 0.25) is 0 Å². The van der Waals surface area contributed by atoms with E-state index < -0.39 is 6.23 Å². The molecule has 1 amide bonds. The largest absolute Gasteiger partial charge is 0.385 e. The number of unbranched alkanes of at least 4 members (excludes halogenated alkanes) is 1. The summed E-state index contributed by atoms with van der Waals surface area (Å²) in [4.78, 5) is 17.6. The zero-order valence-electron chi connectivity index (χ0n) is 25.2. The van der Waals surface area contributed by atoms with Crippen molar-refractivity contribution in [2.45, 2.75) is 65.1 Å². The molecule has 1 spiro atoms. The summed E-state index contributed by atoms with van der Waals surface area (Å²) >= 11 is 0. The average Bonchev–Trinajstić information content (AvgIpc) is 3.47. The molecule has 41 heavy (non-hydrogen) atoms. The minimum atomic E-state index is -0.868. The van der Waals surface area contributed by atoms with Crippen molar-refractivity contribution in [1.82, 2.24) is 30.1 Å². The van der Waals surface area contributed by atoms with Crippen LogP contribution in [-0.2, 0) is 20.7 Å². The highest BCUT2D eigenvalue weighted by molar-refractivity contribution is 5.79. The van der Waals surface area contributed by atoms with Gasteiger partial charge in [-0.1, -0.05) is 31.2 Å². The predicted octanol–water partition coefficient (Wildman–Crippen LogP) is 2.72. The Morgan fingerprint density at radius 2 is 2.07 bits per heavy atom. The van der Waals surface area contributed by atoms with E-state index >= 15 is 0 Å². The Labute approximate surface area is 244 Å². The second-order valence-electron chi connectivity index (χ2n) is 12.6. The quantitative estimate of drug-likeness (QED) is 0.298. The van der Waals surface area contributed by atoms with E-state index in [9.17, 15) is 9.90 Å². The van der Waals surface area contributed by atoms with Crippen molar-refractivity contribution in [3.63, 3.8) is 0 Å². The minimum absolute atomic E-state index is 0.0219. The van der Waals surface area contributed by atoms with Crippen LogP contribution < -0.4 is 5.32 Å². The Kier molecular flexibility index (Phi) is 9.76. The van der Waals surface area contributed by atoms with Crippen molar-refractivity contribution >= 4 is 5.91 Å². The summed E-state index contributed by atoms with van der Waals surface area (Å²) in [6, 6.07) is 8.42. The van der Waals surface area contributed by atoms with Crippen molar-refractivity contribution in [2.24, 2.45) is 17.3 Å². The van der Waals surface area contributed by atoms with Gasteiger partial charge in [-0.25, -0.2) is 4.68 Å². The van der Waals surface area contributed by atoms with E-state index in [4.69, 9.17) is 9.47 Å². The lowest BCUT2D eigenvalue weighted by atomic mass is 9.86. The van der Waals surface area contributed by atoms with Crippen molar-refractivity contribution in [2.75, 3.05) is 59.7 Å². The first-order valence-electron chi connectivity index (χ1n) is 15.3. The molecular formula is C31H48N6O4. The molecule has 2 unspecified atom stereocenters. The van der Waals surface area contributed by atoms with Crippen LogP contribution in [0.25, 0.3) is 5.69 Å². The van der Waals surface area contributed by atoms with E-state index in [1.807, 2.05) is 21.7 Å². The van der Waals surface area contributed by atoms with Crippen LogP contribution in [0.4, 0.5) is 0 Å². The number of carbonyl (C=O) groups excluding carboxylic acids is 1. The van der Waals surface area contributed by atoms with E-state index in [2.05, 4.69) is 53.4 Å². The molecule has 1 aromatic heterocycles. The number of ether oxygens (including phenoxy) is 2. The third kappa shape index (κ3) is 6.83. The first-order valence-corrected chi connectivity index (χ1v) is 15.3. The molecule has 2 saturated heterocycles. The van der Waals surface area contributed by atoms with Crippen molar-refractivity contribution in [3.8, 4) is 5.69 Å². The van der Waals surface area contributed by atoms with Crippen molar-refractivity contribution in [1.29, 1.82) is 0 Å². The molecule has 2 aliphatic heterocycles. The van der Waals surface area contributed by atoms with Gasteiger partial charge in [-0.15, -0.1) is 5.10 Å². The summed E-state index contributed by atoms with van der Waals surface area (Å²) in [6.45, 7) is 12.1.